The molecule has 0 saturated carbocycles. The van der Waals surface area contributed by atoms with Gasteiger partial charge in [0.15, 0.2) is 11.5 Å². The average Bonchev–Trinajstić information content (AvgIpc) is 2.84. The van der Waals surface area contributed by atoms with Crippen molar-refractivity contribution < 1.29 is 4.74 Å². The molecule has 2 aromatic heterocycles. The van der Waals surface area contributed by atoms with Gasteiger partial charge in [-0.25, -0.2) is 0 Å². The third kappa shape index (κ3) is 2.23. The van der Waals surface area contributed by atoms with Crippen molar-refractivity contribution in [3.05, 3.63) is 30.1 Å². The van der Waals surface area contributed by atoms with E-state index in [-0.39, 0.29) is 0 Å². The van der Waals surface area contributed by atoms with Crippen molar-refractivity contribution in [1.82, 2.24) is 19.8 Å². The molecule has 0 aliphatic rings. The Kier molecular flexibility index (Phi) is 3.94. The fourth-order valence-electron chi connectivity index (χ4n) is 1.90. The Bertz CT molecular complexity index is 690. The number of aromatic nitrogens is 4. The lowest BCUT2D eigenvalue weighted by atomic mass is 10.2. The highest BCUT2D eigenvalue weighted by atomic mass is 16.5. The van der Waals surface area contributed by atoms with Crippen LogP contribution in [0.2, 0.25) is 0 Å². The SMILES string of the molecule is CC.CCOc1nn2c(C)nnc2c2ccccc12. The third-order valence-corrected chi connectivity index (χ3v) is 2.67. The van der Waals surface area contributed by atoms with Gasteiger partial charge in [0.1, 0.15) is 0 Å². The molecule has 0 atom stereocenters. The van der Waals surface area contributed by atoms with E-state index in [1.54, 1.807) is 4.52 Å². The van der Waals surface area contributed by atoms with E-state index < -0.39 is 0 Å². The van der Waals surface area contributed by atoms with Gasteiger partial charge in [-0.1, -0.05) is 32.0 Å². The highest BCUT2D eigenvalue weighted by Gasteiger charge is 2.11. The van der Waals surface area contributed by atoms with Crippen molar-refractivity contribution in [3.8, 4) is 5.88 Å². The molecule has 0 aliphatic carbocycles. The zero-order valence-electron chi connectivity index (χ0n) is 11.7. The Morgan fingerprint density at radius 2 is 1.79 bits per heavy atom. The lowest BCUT2D eigenvalue weighted by molar-refractivity contribution is 0.326. The van der Waals surface area contributed by atoms with Crippen LogP contribution in [0.4, 0.5) is 0 Å². The average molecular weight is 258 g/mol. The van der Waals surface area contributed by atoms with Crippen molar-refractivity contribution in [3.63, 3.8) is 0 Å². The Morgan fingerprint density at radius 1 is 1.11 bits per heavy atom. The molecule has 100 valence electrons. The first-order valence-electron chi connectivity index (χ1n) is 6.55. The van der Waals surface area contributed by atoms with Crippen LogP contribution in [0.5, 0.6) is 5.88 Å². The van der Waals surface area contributed by atoms with Crippen LogP contribution in [0.1, 0.15) is 26.6 Å². The van der Waals surface area contributed by atoms with E-state index in [4.69, 9.17) is 4.74 Å². The molecule has 0 spiro atoms. The second-order valence-corrected chi connectivity index (χ2v) is 3.77. The molecule has 0 unspecified atom stereocenters. The quantitative estimate of drug-likeness (QED) is 0.709. The zero-order valence-corrected chi connectivity index (χ0v) is 11.7. The molecule has 19 heavy (non-hydrogen) atoms. The Hall–Kier alpha value is -2.17. The molecule has 2 heterocycles. The summed E-state index contributed by atoms with van der Waals surface area (Å²) in [5.41, 5.74) is 0.765. The van der Waals surface area contributed by atoms with Crippen LogP contribution in [-0.2, 0) is 0 Å². The van der Waals surface area contributed by atoms with Gasteiger partial charge in [-0.05, 0) is 19.9 Å². The summed E-state index contributed by atoms with van der Waals surface area (Å²) >= 11 is 0. The summed E-state index contributed by atoms with van der Waals surface area (Å²) in [6.45, 7) is 8.40. The normalized spacial score (nSPS) is 10.3. The molecule has 0 N–H and O–H groups in total. The summed E-state index contributed by atoms with van der Waals surface area (Å²) in [6, 6.07) is 7.93. The third-order valence-electron chi connectivity index (χ3n) is 2.67. The monoisotopic (exact) mass is 258 g/mol. The molecule has 1 aromatic carbocycles. The maximum Gasteiger partial charge on any atom is 0.239 e. The van der Waals surface area contributed by atoms with Gasteiger partial charge in [-0.3, -0.25) is 0 Å². The summed E-state index contributed by atoms with van der Waals surface area (Å²) in [4.78, 5) is 0. The van der Waals surface area contributed by atoms with Gasteiger partial charge in [0.25, 0.3) is 0 Å². The molecule has 0 saturated heterocycles. The summed E-state index contributed by atoms with van der Waals surface area (Å²) in [7, 11) is 0. The van der Waals surface area contributed by atoms with Crippen LogP contribution >= 0.6 is 0 Å². The zero-order chi connectivity index (χ0) is 13.8. The smallest absolute Gasteiger partial charge is 0.239 e. The van der Waals surface area contributed by atoms with Gasteiger partial charge in [-0.15, -0.1) is 15.3 Å². The lowest BCUT2D eigenvalue weighted by Crippen LogP contribution is -2.02. The topological polar surface area (TPSA) is 52.3 Å². The van der Waals surface area contributed by atoms with E-state index in [2.05, 4.69) is 15.3 Å². The molecule has 0 fully saturated rings. The van der Waals surface area contributed by atoms with Gasteiger partial charge in [0.2, 0.25) is 5.88 Å². The second-order valence-electron chi connectivity index (χ2n) is 3.77. The maximum absolute atomic E-state index is 5.56. The first kappa shape index (κ1) is 13.3. The van der Waals surface area contributed by atoms with Crippen molar-refractivity contribution in [2.24, 2.45) is 0 Å². The minimum atomic E-state index is 0.587. The minimum Gasteiger partial charge on any atom is -0.476 e. The van der Waals surface area contributed by atoms with E-state index in [9.17, 15) is 0 Å². The first-order chi connectivity index (χ1) is 9.31. The number of hydrogen-bond donors (Lipinski definition) is 0. The van der Waals surface area contributed by atoms with Crippen LogP contribution in [0.3, 0.4) is 0 Å². The maximum atomic E-state index is 5.56. The molecule has 0 aliphatic heterocycles. The fourth-order valence-corrected chi connectivity index (χ4v) is 1.90. The van der Waals surface area contributed by atoms with Crippen molar-refractivity contribution >= 4 is 16.4 Å². The number of hydrogen-bond acceptors (Lipinski definition) is 4. The van der Waals surface area contributed by atoms with Gasteiger partial charge in [-0.2, -0.15) is 4.52 Å². The molecular weight excluding hydrogens is 240 g/mol. The second kappa shape index (κ2) is 5.65. The van der Waals surface area contributed by atoms with Crippen LogP contribution in [0.25, 0.3) is 16.4 Å². The number of nitrogens with zero attached hydrogens (tertiary/aromatic N) is 4. The summed E-state index contributed by atoms with van der Waals surface area (Å²) in [6.07, 6.45) is 0. The highest BCUT2D eigenvalue weighted by molar-refractivity contribution is 5.96. The van der Waals surface area contributed by atoms with Crippen molar-refractivity contribution in [2.45, 2.75) is 27.7 Å². The summed E-state index contributed by atoms with van der Waals surface area (Å²) < 4.78 is 7.28. The highest BCUT2D eigenvalue weighted by Crippen LogP contribution is 2.26. The molecule has 5 nitrogen and oxygen atoms in total. The Labute approximate surface area is 112 Å². The van der Waals surface area contributed by atoms with Crippen LogP contribution < -0.4 is 4.74 Å². The molecule has 0 radical (unpaired) electrons. The predicted molar refractivity (Wildman–Crippen MR) is 75.5 cm³/mol. The van der Waals surface area contributed by atoms with Crippen LogP contribution in [-0.4, -0.2) is 26.4 Å². The number of fused-ring (bicyclic) bond motifs is 3. The molecule has 3 aromatic rings. The van der Waals surface area contributed by atoms with Crippen LogP contribution in [0.15, 0.2) is 24.3 Å². The molecular formula is C14H18N4O. The largest absolute Gasteiger partial charge is 0.476 e. The van der Waals surface area contributed by atoms with Crippen molar-refractivity contribution in [2.75, 3.05) is 6.61 Å². The Balaban J connectivity index is 0.000000637. The van der Waals surface area contributed by atoms with Crippen LogP contribution in [0, 0.1) is 6.92 Å². The number of benzene rings is 1. The number of rotatable bonds is 2. The molecule has 3 rings (SSSR count). The van der Waals surface area contributed by atoms with Gasteiger partial charge < -0.3 is 4.74 Å². The number of aryl methyl sites for hydroxylation is 1. The lowest BCUT2D eigenvalue weighted by Gasteiger charge is -2.07. The predicted octanol–water partition coefficient (Wildman–Crippen LogP) is 3.01. The van der Waals surface area contributed by atoms with E-state index in [0.29, 0.717) is 12.5 Å². The fraction of sp³-hybridized carbons (Fsp3) is 0.357. The van der Waals surface area contributed by atoms with E-state index in [0.717, 1.165) is 22.2 Å². The van der Waals surface area contributed by atoms with E-state index in [1.165, 1.54) is 0 Å². The van der Waals surface area contributed by atoms with E-state index in [1.807, 2.05) is 52.0 Å². The minimum absolute atomic E-state index is 0.587. The Morgan fingerprint density at radius 3 is 2.47 bits per heavy atom. The molecule has 5 heteroatoms. The van der Waals surface area contributed by atoms with Gasteiger partial charge >= 0.3 is 0 Å². The van der Waals surface area contributed by atoms with E-state index >= 15 is 0 Å². The molecule has 0 amide bonds. The standard InChI is InChI=1S/C12H12N4O.C2H6/c1-3-17-12-10-7-5-4-6-9(10)11-14-13-8(2)16(11)15-12;1-2/h4-7H,3H2,1-2H3;1-2H3. The number of ether oxygens (including phenoxy) is 1. The van der Waals surface area contributed by atoms with Crippen molar-refractivity contribution in [1.29, 1.82) is 0 Å². The van der Waals surface area contributed by atoms with Gasteiger partial charge in [0, 0.05) is 10.8 Å². The summed E-state index contributed by atoms with van der Waals surface area (Å²) in [5.74, 6) is 1.38. The van der Waals surface area contributed by atoms with Gasteiger partial charge in [0.05, 0.1) is 6.61 Å². The summed E-state index contributed by atoms with van der Waals surface area (Å²) in [5, 5.41) is 14.6. The molecule has 0 bridgehead atoms. The first-order valence-corrected chi connectivity index (χ1v) is 6.55.